The summed E-state index contributed by atoms with van der Waals surface area (Å²) in [5.41, 5.74) is 0.0659. The van der Waals surface area contributed by atoms with E-state index in [1.165, 1.54) is 0 Å². The second-order valence-electron chi connectivity index (χ2n) is 5.43. The first kappa shape index (κ1) is 13.4. The highest BCUT2D eigenvalue weighted by atomic mass is 16.6. The van der Waals surface area contributed by atoms with Crippen LogP contribution in [-0.4, -0.2) is 18.7 Å². The molecule has 0 bridgehead atoms. The lowest BCUT2D eigenvalue weighted by Gasteiger charge is -2.19. The van der Waals surface area contributed by atoms with E-state index in [4.69, 9.17) is 9.47 Å². The van der Waals surface area contributed by atoms with Crippen molar-refractivity contribution in [1.29, 1.82) is 0 Å². The Bertz CT molecular complexity index is 609. The van der Waals surface area contributed by atoms with Crippen LogP contribution in [0.3, 0.4) is 0 Å². The highest BCUT2D eigenvalue weighted by molar-refractivity contribution is 5.95. The third kappa shape index (κ3) is 3.25. The van der Waals surface area contributed by atoms with Gasteiger partial charge in [-0.2, -0.15) is 0 Å². The van der Waals surface area contributed by atoms with Crippen molar-refractivity contribution in [3.8, 4) is 5.75 Å². The zero-order chi connectivity index (χ0) is 14.0. The fourth-order valence-corrected chi connectivity index (χ4v) is 1.82. The van der Waals surface area contributed by atoms with Gasteiger partial charge in [0.15, 0.2) is 0 Å². The zero-order valence-electron chi connectivity index (χ0n) is 11.7. The summed E-state index contributed by atoms with van der Waals surface area (Å²) in [5, 5.41) is 2.02. The van der Waals surface area contributed by atoms with Gasteiger partial charge >= 0.3 is 5.97 Å². The predicted octanol–water partition coefficient (Wildman–Crippen LogP) is 3.80. The molecule has 0 saturated carbocycles. The minimum absolute atomic E-state index is 0.308. The van der Waals surface area contributed by atoms with Gasteiger partial charge in [-0.1, -0.05) is 12.1 Å². The highest BCUT2D eigenvalue weighted by Gasteiger charge is 2.17. The molecule has 3 heteroatoms. The molecule has 0 spiro atoms. The topological polar surface area (TPSA) is 35.5 Å². The normalized spacial score (nSPS) is 11.4. The van der Waals surface area contributed by atoms with Crippen LogP contribution in [0.25, 0.3) is 10.8 Å². The number of ether oxygens (including phenoxy) is 2. The van der Waals surface area contributed by atoms with E-state index in [0.29, 0.717) is 5.56 Å². The second kappa shape index (κ2) is 4.92. The molecule has 0 amide bonds. The molecule has 3 nitrogen and oxygen atoms in total. The van der Waals surface area contributed by atoms with Crippen molar-refractivity contribution < 1.29 is 14.3 Å². The molecule has 19 heavy (non-hydrogen) atoms. The Kier molecular flexibility index (Phi) is 3.47. The maximum Gasteiger partial charge on any atom is 0.338 e. The fourth-order valence-electron chi connectivity index (χ4n) is 1.82. The van der Waals surface area contributed by atoms with Gasteiger partial charge in [0.05, 0.1) is 12.7 Å². The van der Waals surface area contributed by atoms with Gasteiger partial charge in [0.25, 0.3) is 0 Å². The largest absolute Gasteiger partial charge is 0.497 e. The number of benzene rings is 2. The Labute approximate surface area is 113 Å². The van der Waals surface area contributed by atoms with Gasteiger partial charge in [-0.25, -0.2) is 4.79 Å². The van der Waals surface area contributed by atoms with E-state index in [9.17, 15) is 4.79 Å². The minimum atomic E-state index is -0.486. The second-order valence-corrected chi connectivity index (χ2v) is 5.43. The standard InChI is InChI=1S/C16H18O3/c1-16(2,3)19-15(17)12-6-5-11-7-8-14(18-4)10-13(11)9-12/h5-10H,1-4H3. The molecule has 0 N–H and O–H groups in total. The summed E-state index contributed by atoms with van der Waals surface area (Å²) in [5.74, 6) is 0.464. The van der Waals surface area contributed by atoms with Gasteiger partial charge in [-0.3, -0.25) is 0 Å². The first-order chi connectivity index (χ1) is 8.89. The lowest BCUT2D eigenvalue weighted by molar-refractivity contribution is 0.00697. The average molecular weight is 258 g/mol. The molecule has 0 aromatic heterocycles. The molecule has 0 aliphatic carbocycles. The fraction of sp³-hybridized carbons (Fsp3) is 0.312. The molecular weight excluding hydrogens is 240 g/mol. The van der Waals surface area contributed by atoms with E-state index in [0.717, 1.165) is 16.5 Å². The van der Waals surface area contributed by atoms with Gasteiger partial charge < -0.3 is 9.47 Å². The molecule has 2 aromatic carbocycles. The van der Waals surface area contributed by atoms with E-state index in [1.54, 1.807) is 13.2 Å². The van der Waals surface area contributed by atoms with Crippen LogP contribution in [0, 0.1) is 0 Å². The predicted molar refractivity (Wildman–Crippen MR) is 75.7 cm³/mol. The minimum Gasteiger partial charge on any atom is -0.497 e. The molecule has 0 aliphatic heterocycles. The monoisotopic (exact) mass is 258 g/mol. The first-order valence-electron chi connectivity index (χ1n) is 6.20. The lowest BCUT2D eigenvalue weighted by atomic mass is 10.1. The number of methoxy groups -OCH3 is 1. The Hall–Kier alpha value is -2.03. The molecule has 0 radical (unpaired) electrons. The summed E-state index contributed by atoms with van der Waals surface area (Å²) >= 11 is 0. The molecule has 2 rings (SSSR count). The molecule has 100 valence electrons. The van der Waals surface area contributed by atoms with Crippen LogP contribution < -0.4 is 4.74 Å². The molecule has 2 aromatic rings. The van der Waals surface area contributed by atoms with Crippen LogP contribution in [-0.2, 0) is 4.74 Å². The van der Waals surface area contributed by atoms with Gasteiger partial charge in [0.2, 0.25) is 0 Å². The number of rotatable bonds is 2. The van der Waals surface area contributed by atoms with Crippen LogP contribution in [0.5, 0.6) is 5.75 Å². The highest BCUT2D eigenvalue weighted by Crippen LogP contribution is 2.23. The van der Waals surface area contributed by atoms with Crippen LogP contribution in [0.1, 0.15) is 31.1 Å². The number of esters is 1. The molecule has 0 heterocycles. The Morgan fingerprint density at radius 3 is 2.32 bits per heavy atom. The summed E-state index contributed by atoms with van der Waals surface area (Å²) in [7, 11) is 1.62. The molecule has 0 atom stereocenters. The van der Waals surface area contributed by atoms with E-state index >= 15 is 0 Å². The number of carbonyl (C=O) groups is 1. The molecule has 0 aliphatic rings. The van der Waals surface area contributed by atoms with Gasteiger partial charge in [-0.15, -0.1) is 0 Å². The third-order valence-electron chi connectivity index (χ3n) is 2.68. The lowest BCUT2D eigenvalue weighted by Crippen LogP contribution is -2.23. The van der Waals surface area contributed by atoms with Crippen LogP contribution in [0.4, 0.5) is 0 Å². The summed E-state index contributed by atoms with van der Waals surface area (Å²) in [6.45, 7) is 5.57. The van der Waals surface area contributed by atoms with Crippen molar-refractivity contribution in [3.63, 3.8) is 0 Å². The summed E-state index contributed by atoms with van der Waals surface area (Å²) in [4.78, 5) is 12.0. The van der Waals surface area contributed by atoms with Gasteiger partial charge in [0, 0.05) is 0 Å². The number of hydrogen-bond acceptors (Lipinski definition) is 3. The van der Waals surface area contributed by atoms with Gasteiger partial charge in [0.1, 0.15) is 11.4 Å². The third-order valence-corrected chi connectivity index (χ3v) is 2.68. The molecule has 0 unspecified atom stereocenters. The number of carbonyl (C=O) groups excluding carboxylic acids is 1. The molecule has 0 fully saturated rings. The van der Waals surface area contributed by atoms with Crippen molar-refractivity contribution in [1.82, 2.24) is 0 Å². The number of fused-ring (bicyclic) bond motifs is 1. The van der Waals surface area contributed by atoms with E-state index < -0.39 is 5.60 Å². The molecular formula is C16H18O3. The summed E-state index contributed by atoms with van der Waals surface area (Å²) in [6, 6.07) is 11.3. The SMILES string of the molecule is COc1ccc2ccc(C(=O)OC(C)(C)C)cc2c1. The van der Waals surface area contributed by atoms with Crippen molar-refractivity contribution in [2.24, 2.45) is 0 Å². The Morgan fingerprint density at radius 2 is 1.68 bits per heavy atom. The van der Waals surface area contributed by atoms with Crippen molar-refractivity contribution in [2.45, 2.75) is 26.4 Å². The van der Waals surface area contributed by atoms with Gasteiger partial charge in [-0.05, 0) is 55.8 Å². The summed E-state index contributed by atoms with van der Waals surface area (Å²) in [6.07, 6.45) is 0. The smallest absolute Gasteiger partial charge is 0.338 e. The van der Waals surface area contributed by atoms with E-state index in [2.05, 4.69) is 0 Å². The average Bonchev–Trinajstić information content (AvgIpc) is 2.35. The Morgan fingerprint density at radius 1 is 1.00 bits per heavy atom. The van der Waals surface area contributed by atoms with E-state index in [1.807, 2.05) is 51.1 Å². The maximum atomic E-state index is 12.0. The molecule has 0 saturated heterocycles. The van der Waals surface area contributed by atoms with Crippen molar-refractivity contribution in [2.75, 3.05) is 7.11 Å². The summed E-state index contributed by atoms with van der Waals surface area (Å²) < 4.78 is 10.5. The first-order valence-corrected chi connectivity index (χ1v) is 6.20. The van der Waals surface area contributed by atoms with E-state index in [-0.39, 0.29) is 5.97 Å². The number of hydrogen-bond donors (Lipinski definition) is 0. The van der Waals surface area contributed by atoms with Crippen LogP contribution >= 0.6 is 0 Å². The quantitative estimate of drug-likeness (QED) is 0.768. The Balaban J connectivity index is 2.37. The van der Waals surface area contributed by atoms with Crippen molar-refractivity contribution in [3.05, 3.63) is 42.0 Å². The maximum absolute atomic E-state index is 12.0. The van der Waals surface area contributed by atoms with Crippen LogP contribution in [0.2, 0.25) is 0 Å². The van der Waals surface area contributed by atoms with Crippen molar-refractivity contribution >= 4 is 16.7 Å². The van der Waals surface area contributed by atoms with Crippen LogP contribution in [0.15, 0.2) is 36.4 Å². The zero-order valence-corrected chi connectivity index (χ0v) is 11.7.